The highest BCUT2D eigenvalue weighted by atomic mass is 19.1. The average molecular weight is 444 g/mol. The third-order valence-corrected chi connectivity index (χ3v) is 4.83. The minimum atomic E-state index is -0.527. The molecule has 2 amide bonds. The normalized spacial score (nSPS) is 13.8. The van der Waals surface area contributed by atoms with Crippen molar-refractivity contribution in [3.63, 3.8) is 0 Å². The molecule has 0 bridgehead atoms. The van der Waals surface area contributed by atoms with Gasteiger partial charge in [0.2, 0.25) is 5.96 Å². The highest BCUT2D eigenvalue weighted by Crippen LogP contribution is 2.21. The van der Waals surface area contributed by atoms with Crippen molar-refractivity contribution < 1.29 is 18.7 Å². The second-order valence-corrected chi connectivity index (χ2v) is 7.15. The number of aliphatic imine (C=N–C) groups is 2. The smallest absolute Gasteiger partial charge is 0.280 e. The van der Waals surface area contributed by atoms with Crippen LogP contribution in [0.4, 0.5) is 10.1 Å². The number of rotatable bonds is 5. The van der Waals surface area contributed by atoms with Crippen molar-refractivity contribution >= 4 is 29.4 Å². The van der Waals surface area contributed by atoms with Crippen LogP contribution in [0.15, 0.2) is 88.8 Å². The van der Waals surface area contributed by atoms with Gasteiger partial charge in [0, 0.05) is 6.42 Å². The summed E-state index contributed by atoms with van der Waals surface area (Å²) in [5.74, 6) is -1.28. The fourth-order valence-electron chi connectivity index (χ4n) is 3.21. The number of fused-ring (bicyclic) bond motifs is 1. The van der Waals surface area contributed by atoms with E-state index >= 15 is 0 Å². The Bertz CT molecular complexity index is 1210. The molecule has 1 aliphatic rings. The van der Waals surface area contributed by atoms with Gasteiger partial charge in [-0.25, -0.2) is 9.38 Å². The second kappa shape index (κ2) is 9.86. The number of hydrogen-bond acceptors (Lipinski definition) is 4. The molecule has 33 heavy (non-hydrogen) atoms. The van der Waals surface area contributed by atoms with E-state index in [1.165, 1.54) is 18.2 Å². The third kappa shape index (κ3) is 5.12. The summed E-state index contributed by atoms with van der Waals surface area (Å²) >= 11 is 0. The minimum absolute atomic E-state index is 0.0833. The molecule has 3 aromatic rings. The van der Waals surface area contributed by atoms with Crippen LogP contribution in [-0.4, -0.2) is 28.7 Å². The van der Waals surface area contributed by atoms with Crippen LogP contribution in [0.1, 0.15) is 39.6 Å². The van der Waals surface area contributed by atoms with Gasteiger partial charge < -0.3 is 4.74 Å². The van der Waals surface area contributed by atoms with Gasteiger partial charge in [0.05, 0.1) is 16.8 Å². The molecule has 166 valence electrons. The van der Waals surface area contributed by atoms with E-state index in [4.69, 9.17) is 4.74 Å². The molecule has 0 spiro atoms. The van der Waals surface area contributed by atoms with Crippen LogP contribution in [0.2, 0.25) is 0 Å². The van der Waals surface area contributed by atoms with E-state index < -0.39 is 17.6 Å². The van der Waals surface area contributed by atoms with Gasteiger partial charge in [-0.1, -0.05) is 55.5 Å². The standard InChI is InChI=1S/C25H21FN4O3/c1-2-22(33-16-17-9-4-3-5-10-17)28-25(27-19-12-8-11-18(26)15-19)29-30-23(31)20-13-6-7-14-21(20)24(30)32/h3-15H,2,16H2,1H3,(H,27,29). The van der Waals surface area contributed by atoms with Crippen LogP contribution in [-0.2, 0) is 11.3 Å². The molecule has 7 nitrogen and oxygen atoms in total. The second-order valence-electron chi connectivity index (χ2n) is 7.15. The third-order valence-electron chi connectivity index (χ3n) is 4.83. The van der Waals surface area contributed by atoms with Gasteiger partial charge in [0.1, 0.15) is 12.4 Å². The van der Waals surface area contributed by atoms with E-state index in [0.29, 0.717) is 12.3 Å². The van der Waals surface area contributed by atoms with Gasteiger partial charge in [-0.15, -0.1) is 0 Å². The summed E-state index contributed by atoms with van der Waals surface area (Å²) < 4.78 is 19.5. The topological polar surface area (TPSA) is 83.4 Å². The number of imide groups is 1. The Morgan fingerprint density at radius 2 is 1.61 bits per heavy atom. The summed E-state index contributed by atoms with van der Waals surface area (Å²) in [6, 6.07) is 21.7. The first-order valence-corrected chi connectivity index (χ1v) is 10.4. The Morgan fingerprint density at radius 1 is 0.939 bits per heavy atom. The number of nitrogens with zero attached hydrogens (tertiary/aromatic N) is 3. The van der Waals surface area contributed by atoms with Crippen LogP contribution in [0.3, 0.4) is 0 Å². The van der Waals surface area contributed by atoms with Gasteiger partial charge in [-0.2, -0.15) is 10.0 Å². The van der Waals surface area contributed by atoms with E-state index in [1.807, 2.05) is 37.3 Å². The predicted octanol–water partition coefficient (Wildman–Crippen LogP) is 4.64. The highest BCUT2D eigenvalue weighted by Gasteiger charge is 2.36. The van der Waals surface area contributed by atoms with Crippen LogP contribution in [0, 0.1) is 5.82 Å². The fourth-order valence-corrected chi connectivity index (χ4v) is 3.21. The molecule has 0 saturated heterocycles. The molecule has 0 radical (unpaired) electrons. The van der Waals surface area contributed by atoms with Crippen molar-refractivity contribution in [3.8, 4) is 0 Å². The number of nitrogens with one attached hydrogen (secondary N) is 1. The van der Waals surface area contributed by atoms with E-state index in [1.54, 1.807) is 30.3 Å². The number of ether oxygens (including phenoxy) is 1. The number of carbonyl (C=O) groups excluding carboxylic acids is 2. The molecule has 1 heterocycles. The number of carbonyl (C=O) groups is 2. The SMILES string of the molecule is CCC(=NC(=Nc1cccc(F)c1)NN1C(=O)c2ccccc2C1=O)OCc1ccccc1. The van der Waals surface area contributed by atoms with Gasteiger partial charge in [-0.3, -0.25) is 15.0 Å². The first kappa shape index (κ1) is 21.9. The first-order valence-electron chi connectivity index (χ1n) is 10.4. The minimum Gasteiger partial charge on any atom is -0.476 e. The van der Waals surface area contributed by atoms with Crippen molar-refractivity contribution in [2.75, 3.05) is 0 Å². The molecular formula is C25H21FN4O3. The number of hydrogen-bond donors (Lipinski definition) is 1. The zero-order valence-electron chi connectivity index (χ0n) is 17.9. The number of benzene rings is 3. The Labute approximate surface area is 190 Å². The van der Waals surface area contributed by atoms with Crippen molar-refractivity contribution in [2.45, 2.75) is 20.0 Å². The predicted molar refractivity (Wildman–Crippen MR) is 123 cm³/mol. The maximum atomic E-state index is 13.7. The zero-order chi connectivity index (χ0) is 23.2. The van der Waals surface area contributed by atoms with Gasteiger partial charge in [-0.05, 0) is 35.9 Å². The average Bonchev–Trinajstić information content (AvgIpc) is 3.07. The summed E-state index contributed by atoms with van der Waals surface area (Å²) in [5, 5.41) is 0.844. The molecule has 0 unspecified atom stereocenters. The molecule has 0 atom stereocenters. The molecular weight excluding hydrogens is 423 g/mol. The summed E-state index contributed by atoms with van der Waals surface area (Å²) in [7, 11) is 0. The molecule has 0 aliphatic carbocycles. The van der Waals surface area contributed by atoms with E-state index in [9.17, 15) is 14.0 Å². The monoisotopic (exact) mass is 444 g/mol. The van der Waals surface area contributed by atoms with Crippen molar-refractivity contribution in [2.24, 2.45) is 9.98 Å². The lowest BCUT2D eigenvalue weighted by molar-refractivity contribution is 0.0610. The summed E-state index contributed by atoms with van der Waals surface area (Å²) in [6.45, 7) is 2.14. The Morgan fingerprint density at radius 3 is 2.24 bits per heavy atom. The van der Waals surface area contributed by atoms with Gasteiger partial charge in [0.15, 0.2) is 5.90 Å². The fraction of sp³-hybridized carbons (Fsp3) is 0.120. The molecule has 3 aromatic carbocycles. The number of hydrazine groups is 1. The first-order chi connectivity index (χ1) is 16.0. The molecule has 0 saturated carbocycles. The maximum Gasteiger partial charge on any atom is 0.280 e. The lowest BCUT2D eigenvalue weighted by Crippen LogP contribution is -2.45. The van der Waals surface area contributed by atoms with Crippen LogP contribution < -0.4 is 5.43 Å². The lowest BCUT2D eigenvalue weighted by Gasteiger charge is -2.17. The van der Waals surface area contributed by atoms with Gasteiger partial charge >= 0.3 is 0 Å². The molecule has 1 N–H and O–H groups in total. The number of guanidine groups is 1. The zero-order valence-corrected chi connectivity index (χ0v) is 17.9. The summed E-state index contributed by atoms with van der Waals surface area (Å²) in [4.78, 5) is 34.2. The Kier molecular flexibility index (Phi) is 6.54. The number of halogens is 1. The van der Waals surface area contributed by atoms with E-state index in [0.717, 1.165) is 10.6 Å². The number of amides is 2. The van der Waals surface area contributed by atoms with E-state index in [2.05, 4.69) is 15.4 Å². The van der Waals surface area contributed by atoms with E-state index in [-0.39, 0.29) is 29.4 Å². The molecule has 4 rings (SSSR count). The molecule has 0 aromatic heterocycles. The Hall–Kier alpha value is -4.33. The highest BCUT2D eigenvalue weighted by molar-refractivity contribution is 6.21. The van der Waals surface area contributed by atoms with Crippen molar-refractivity contribution in [1.29, 1.82) is 0 Å². The maximum absolute atomic E-state index is 13.7. The van der Waals surface area contributed by atoms with Crippen LogP contribution in [0.25, 0.3) is 0 Å². The molecule has 1 aliphatic heterocycles. The largest absolute Gasteiger partial charge is 0.476 e. The lowest BCUT2D eigenvalue weighted by atomic mass is 10.1. The van der Waals surface area contributed by atoms with Crippen molar-refractivity contribution in [1.82, 2.24) is 10.4 Å². The van der Waals surface area contributed by atoms with Crippen LogP contribution >= 0.6 is 0 Å². The van der Waals surface area contributed by atoms with Crippen molar-refractivity contribution in [3.05, 3.63) is 101 Å². The Balaban J connectivity index is 1.63. The molecule has 8 heteroatoms. The quantitative estimate of drug-likeness (QED) is 0.353. The van der Waals surface area contributed by atoms with Crippen LogP contribution in [0.5, 0.6) is 0 Å². The summed E-state index contributed by atoms with van der Waals surface area (Å²) in [5.41, 5.74) is 4.46. The van der Waals surface area contributed by atoms with Gasteiger partial charge in [0.25, 0.3) is 11.8 Å². The summed E-state index contributed by atoms with van der Waals surface area (Å²) in [6.07, 6.45) is 0.429. The molecule has 0 fully saturated rings.